The third-order valence-electron chi connectivity index (χ3n) is 4.11. The normalized spacial score (nSPS) is 16.7. The number of carbonyl (C=O) groups excluding carboxylic acids is 1. The van der Waals surface area contributed by atoms with Gasteiger partial charge in [-0.3, -0.25) is 9.69 Å². The average molecular weight is 292 g/mol. The van der Waals surface area contributed by atoms with Crippen molar-refractivity contribution in [1.29, 1.82) is 0 Å². The third kappa shape index (κ3) is 4.30. The number of nitrogens with zero attached hydrogens (tertiary/aromatic N) is 4. The van der Waals surface area contributed by atoms with E-state index >= 15 is 0 Å². The van der Waals surface area contributed by atoms with Crippen LogP contribution < -0.4 is 0 Å². The molecule has 0 aromatic carbocycles. The lowest BCUT2D eigenvalue weighted by Crippen LogP contribution is -2.49. The lowest BCUT2D eigenvalue weighted by atomic mass is 10.2. The highest BCUT2D eigenvalue weighted by Gasteiger charge is 2.20. The van der Waals surface area contributed by atoms with E-state index in [1.54, 1.807) is 0 Å². The molecule has 1 aliphatic rings. The lowest BCUT2D eigenvalue weighted by Gasteiger charge is -2.35. The largest absolute Gasteiger partial charge is 0.340 e. The summed E-state index contributed by atoms with van der Waals surface area (Å²) in [6.07, 6.45) is 5.58. The number of rotatable bonds is 6. The van der Waals surface area contributed by atoms with Crippen LogP contribution in [0.1, 0.15) is 45.4 Å². The van der Waals surface area contributed by atoms with Gasteiger partial charge in [0.2, 0.25) is 5.91 Å². The Morgan fingerprint density at radius 1 is 1.24 bits per heavy atom. The molecule has 2 heterocycles. The molecule has 0 atom stereocenters. The van der Waals surface area contributed by atoms with Crippen molar-refractivity contribution in [1.82, 2.24) is 19.4 Å². The molecule has 1 aromatic rings. The molecule has 0 aliphatic carbocycles. The molecule has 0 N–H and O–H groups in total. The van der Waals surface area contributed by atoms with Crippen LogP contribution >= 0.6 is 0 Å². The monoisotopic (exact) mass is 292 g/mol. The van der Waals surface area contributed by atoms with Crippen molar-refractivity contribution in [2.75, 3.05) is 32.7 Å². The van der Waals surface area contributed by atoms with Gasteiger partial charge in [-0.1, -0.05) is 20.8 Å². The maximum absolute atomic E-state index is 11.9. The third-order valence-corrected chi connectivity index (χ3v) is 4.11. The average Bonchev–Trinajstić information content (AvgIpc) is 2.94. The Balaban J connectivity index is 1.76. The molecule has 5 nitrogen and oxygen atoms in total. The summed E-state index contributed by atoms with van der Waals surface area (Å²) in [5.74, 6) is 1.93. The van der Waals surface area contributed by atoms with Crippen LogP contribution in [0.5, 0.6) is 0 Å². The van der Waals surface area contributed by atoms with E-state index in [1.807, 2.05) is 11.1 Å². The summed E-state index contributed by atoms with van der Waals surface area (Å²) in [6.45, 7) is 12.2. The summed E-state index contributed by atoms with van der Waals surface area (Å²) >= 11 is 0. The lowest BCUT2D eigenvalue weighted by molar-refractivity contribution is -0.133. The number of piperazine rings is 1. The fourth-order valence-corrected chi connectivity index (χ4v) is 2.85. The summed E-state index contributed by atoms with van der Waals surface area (Å²) in [5.41, 5.74) is 0. The highest BCUT2D eigenvalue weighted by atomic mass is 16.2. The SMILES string of the molecule is CCCC(=O)N1CCN(CCn2ccnc2C(C)C)CC1. The first-order chi connectivity index (χ1) is 10.1. The van der Waals surface area contributed by atoms with Gasteiger partial charge in [0, 0.05) is 64.0 Å². The Bertz CT molecular complexity index is 447. The van der Waals surface area contributed by atoms with E-state index in [2.05, 4.69) is 41.4 Å². The van der Waals surface area contributed by atoms with Crippen molar-refractivity contribution in [2.24, 2.45) is 0 Å². The second kappa shape index (κ2) is 7.59. The Hall–Kier alpha value is -1.36. The fourth-order valence-electron chi connectivity index (χ4n) is 2.85. The van der Waals surface area contributed by atoms with Crippen LogP contribution in [-0.2, 0) is 11.3 Å². The predicted molar refractivity (Wildman–Crippen MR) is 84.2 cm³/mol. The van der Waals surface area contributed by atoms with Gasteiger partial charge in [-0.25, -0.2) is 4.98 Å². The number of amides is 1. The van der Waals surface area contributed by atoms with Gasteiger partial charge in [-0.05, 0) is 6.42 Å². The molecule has 0 saturated carbocycles. The van der Waals surface area contributed by atoms with E-state index < -0.39 is 0 Å². The van der Waals surface area contributed by atoms with Crippen LogP contribution in [-0.4, -0.2) is 58.0 Å². The van der Waals surface area contributed by atoms with E-state index in [4.69, 9.17) is 0 Å². The molecule has 0 radical (unpaired) electrons. The van der Waals surface area contributed by atoms with E-state index in [-0.39, 0.29) is 0 Å². The molecular formula is C16H28N4O. The molecule has 1 fully saturated rings. The first-order valence-electron chi connectivity index (χ1n) is 8.13. The molecule has 1 amide bonds. The molecule has 1 saturated heterocycles. The van der Waals surface area contributed by atoms with Gasteiger partial charge in [0.25, 0.3) is 0 Å². The van der Waals surface area contributed by atoms with Crippen LogP contribution in [0.2, 0.25) is 0 Å². The number of imidazole rings is 1. The Morgan fingerprint density at radius 2 is 1.95 bits per heavy atom. The predicted octanol–water partition coefficient (Wildman–Crippen LogP) is 1.95. The molecule has 5 heteroatoms. The van der Waals surface area contributed by atoms with Crippen molar-refractivity contribution in [2.45, 2.75) is 46.1 Å². The maximum atomic E-state index is 11.9. The second-order valence-corrected chi connectivity index (χ2v) is 6.11. The van der Waals surface area contributed by atoms with Crippen LogP contribution in [0.4, 0.5) is 0 Å². The highest BCUT2D eigenvalue weighted by molar-refractivity contribution is 5.76. The van der Waals surface area contributed by atoms with Crippen molar-refractivity contribution in [3.63, 3.8) is 0 Å². The Labute approximate surface area is 127 Å². The highest BCUT2D eigenvalue weighted by Crippen LogP contribution is 2.12. The molecule has 21 heavy (non-hydrogen) atoms. The van der Waals surface area contributed by atoms with E-state index in [0.717, 1.165) is 51.5 Å². The minimum Gasteiger partial charge on any atom is -0.340 e. The van der Waals surface area contributed by atoms with Crippen LogP contribution in [0, 0.1) is 0 Å². The van der Waals surface area contributed by atoms with E-state index in [9.17, 15) is 4.79 Å². The molecule has 1 aliphatic heterocycles. The van der Waals surface area contributed by atoms with Crippen LogP contribution in [0.25, 0.3) is 0 Å². The summed E-state index contributed by atoms with van der Waals surface area (Å²) < 4.78 is 2.25. The topological polar surface area (TPSA) is 41.4 Å². The number of carbonyl (C=O) groups is 1. The molecule has 0 spiro atoms. The zero-order valence-electron chi connectivity index (χ0n) is 13.6. The maximum Gasteiger partial charge on any atom is 0.222 e. The Morgan fingerprint density at radius 3 is 2.57 bits per heavy atom. The molecule has 1 aromatic heterocycles. The summed E-state index contributed by atoms with van der Waals surface area (Å²) in [7, 11) is 0. The summed E-state index contributed by atoms with van der Waals surface area (Å²) in [4.78, 5) is 20.7. The van der Waals surface area contributed by atoms with Crippen molar-refractivity contribution in [3.8, 4) is 0 Å². The molecule has 2 rings (SSSR count). The first-order valence-corrected chi connectivity index (χ1v) is 8.13. The minimum atomic E-state index is 0.314. The minimum absolute atomic E-state index is 0.314. The van der Waals surface area contributed by atoms with Gasteiger partial charge in [0.1, 0.15) is 5.82 Å². The Kier molecular flexibility index (Phi) is 5.79. The van der Waals surface area contributed by atoms with Crippen LogP contribution in [0.3, 0.4) is 0 Å². The molecule has 0 bridgehead atoms. The van der Waals surface area contributed by atoms with Crippen molar-refractivity contribution in [3.05, 3.63) is 18.2 Å². The number of aromatic nitrogens is 2. The van der Waals surface area contributed by atoms with Gasteiger partial charge in [0.05, 0.1) is 0 Å². The van der Waals surface area contributed by atoms with Crippen LogP contribution in [0.15, 0.2) is 12.4 Å². The molecule has 0 unspecified atom stereocenters. The standard InChI is InChI=1S/C16H28N4O/c1-4-5-15(21)19-11-8-18(9-12-19)10-13-20-7-6-17-16(20)14(2)3/h6-7,14H,4-5,8-13H2,1-3H3. The van der Waals surface area contributed by atoms with Gasteiger partial charge >= 0.3 is 0 Å². The molecule has 118 valence electrons. The van der Waals surface area contributed by atoms with Crippen molar-refractivity contribution < 1.29 is 4.79 Å². The van der Waals surface area contributed by atoms with Gasteiger partial charge < -0.3 is 9.47 Å². The zero-order chi connectivity index (χ0) is 15.2. The van der Waals surface area contributed by atoms with Gasteiger partial charge in [-0.15, -0.1) is 0 Å². The smallest absolute Gasteiger partial charge is 0.222 e. The number of hydrogen-bond donors (Lipinski definition) is 0. The van der Waals surface area contributed by atoms with E-state index in [0.29, 0.717) is 18.2 Å². The van der Waals surface area contributed by atoms with Gasteiger partial charge in [-0.2, -0.15) is 0 Å². The quantitative estimate of drug-likeness (QED) is 0.805. The molecular weight excluding hydrogens is 264 g/mol. The van der Waals surface area contributed by atoms with E-state index in [1.165, 1.54) is 0 Å². The summed E-state index contributed by atoms with van der Waals surface area (Å²) in [6, 6.07) is 0. The fraction of sp³-hybridized carbons (Fsp3) is 0.750. The van der Waals surface area contributed by atoms with Crippen molar-refractivity contribution >= 4 is 5.91 Å². The number of hydrogen-bond acceptors (Lipinski definition) is 3. The first kappa shape index (κ1) is 16.0. The second-order valence-electron chi connectivity index (χ2n) is 6.11. The van der Waals surface area contributed by atoms with Gasteiger partial charge in [0.15, 0.2) is 0 Å². The zero-order valence-corrected chi connectivity index (χ0v) is 13.6. The summed E-state index contributed by atoms with van der Waals surface area (Å²) in [5, 5.41) is 0.